The predicted octanol–water partition coefficient (Wildman–Crippen LogP) is 4.45. The zero-order valence-corrected chi connectivity index (χ0v) is 16.1. The average molecular weight is 363 g/mol. The number of ether oxygens (including phenoxy) is 2. The largest absolute Gasteiger partial charge is 0.497 e. The van der Waals surface area contributed by atoms with E-state index >= 15 is 0 Å². The summed E-state index contributed by atoms with van der Waals surface area (Å²) in [5.74, 6) is 1.65. The van der Waals surface area contributed by atoms with Crippen molar-refractivity contribution in [1.29, 1.82) is 0 Å². The second-order valence-corrected chi connectivity index (χ2v) is 6.61. The van der Waals surface area contributed by atoms with E-state index in [1.165, 1.54) is 10.8 Å². The molecule has 3 rings (SSSR count). The summed E-state index contributed by atoms with van der Waals surface area (Å²) in [7, 11) is 5.12. The van der Waals surface area contributed by atoms with Gasteiger partial charge < -0.3 is 14.4 Å². The molecule has 27 heavy (non-hydrogen) atoms. The Kier molecular flexibility index (Phi) is 5.97. The number of carbonyl (C=O) groups is 1. The minimum absolute atomic E-state index is 0.105. The van der Waals surface area contributed by atoms with Gasteiger partial charge in [-0.3, -0.25) is 4.79 Å². The third-order valence-corrected chi connectivity index (χ3v) is 4.76. The van der Waals surface area contributed by atoms with Gasteiger partial charge in [0.15, 0.2) is 0 Å². The highest BCUT2D eigenvalue weighted by Crippen LogP contribution is 2.25. The summed E-state index contributed by atoms with van der Waals surface area (Å²) in [5.41, 5.74) is 2.10. The zero-order chi connectivity index (χ0) is 19.2. The molecule has 0 unspecified atom stereocenters. The highest BCUT2D eigenvalue weighted by molar-refractivity contribution is 5.83. The number of amides is 1. The lowest BCUT2D eigenvalue weighted by Gasteiger charge is -2.18. The molecule has 0 aliphatic carbocycles. The van der Waals surface area contributed by atoms with Crippen molar-refractivity contribution >= 4 is 16.7 Å². The van der Waals surface area contributed by atoms with Crippen molar-refractivity contribution in [2.45, 2.75) is 19.4 Å². The maximum Gasteiger partial charge on any atom is 0.222 e. The Morgan fingerprint density at radius 1 is 0.926 bits per heavy atom. The molecule has 0 spiro atoms. The van der Waals surface area contributed by atoms with Crippen LogP contribution in [0.5, 0.6) is 11.5 Å². The molecule has 0 aliphatic heterocycles. The first-order valence-corrected chi connectivity index (χ1v) is 9.03. The summed E-state index contributed by atoms with van der Waals surface area (Å²) in [6, 6.07) is 20.2. The van der Waals surface area contributed by atoms with Crippen molar-refractivity contribution in [3.63, 3.8) is 0 Å². The number of methoxy groups -OCH3 is 2. The van der Waals surface area contributed by atoms with Crippen molar-refractivity contribution in [1.82, 2.24) is 4.90 Å². The molecule has 140 valence electrons. The molecule has 0 bridgehead atoms. The molecule has 0 fully saturated rings. The first-order valence-electron chi connectivity index (χ1n) is 9.03. The molecular formula is C23H25NO3. The molecule has 0 aromatic heterocycles. The average Bonchev–Trinajstić information content (AvgIpc) is 2.71. The number of benzene rings is 3. The Morgan fingerprint density at radius 3 is 2.44 bits per heavy atom. The van der Waals surface area contributed by atoms with Crippen LogP contribution in [0.15, 0.2) is 60.7 Å². The zero-order valence-electron chi connectivity index (χ0n) is 16.1. The SMILES string of the molecule is COc1ccc(OC)c(CCC(=O)N(C)Cc2ccc3ccccc3c2)c1. The van der Waals surface area contributed by atoms with Gasteiger partial charge in [-0.15, -0.1) is 0 Å². The van der Waals surface area contributed by atoms with Gasteiger partial charge >= 0.3 is 0 Å². The van der Waals surface area contributed by atoms with Crippen LogP contribution in [-0.2, 0) is 17.8 Å². The Hall–Kier alpha value is -3.01. The van der Waals surface area contributed by atoms with Crippen LogP contribution in [-0.4, -0.2) is 32.1 Å². The molecule has 0 N–H and O–H groups in total. The smallest absolute Gasteiger partial charge is 0.222 e. The molecule has 1 amide bonds. The fraction of sp³-hybridized carbons (Fsp3) is 0.261. The van der Waals surface area contributed by atoms with E-state index < -0.39 is 0 Å². The van der Waals surface area contributed by atoms with E-state index in [0.717, 1.165) is 22.6 Å². The first kappa shape index (κ1) is 18.8. The summed E-state index contributed by atoms with van der Waals surface area (Å²) in [4.78, 5) is 14.4. The van der Waals surface area contributed by atoms with Gasteiger partial charge in [0.1, 0.15) is 11.5 Å². The summed E-state index contributed by atoms with van der Waals surface area (Å²) >= 11 is 0. The number of rotatable bonds is 7. The van der Waals surface area contributed by atoms with E-state index in [1.54, 1.807) is 19.1 Å². The Balaban J connectivity index is 1.63. The van der Waals surface area contributed by atoms with E-state index in [0.29, 0.717) is 19.4 Å². The normalized spacial score (nSPS) is 10.6. The minimum atomic E-state index is 0.105. The number of hydrogen-bond acceptors (Lipinski definition) is 3. The van der Waals surface area contributed by atoms with E-state index in [4.69, 9.17) is 9.47 Å². The highest BCUT2D eigenvalue weighted by Gasteiger charge is 2.12. The van der Waals surface area contributed by atoms with Gasteiger partial charge in [0, 0.05) is 20.0 Å². The molecule has 4 heteroatoms. The Morgan fingerprint density at radius 2 is 1.70 bits per heavy atom. The van der Waals surface area contributed by atoms with Crippen molar-refractivity contribution < 1.29 is 14.3 Å². The number of hydrogen-bond donors (Lipinski definition) is 0. The van der Waals surface area contributed by atoms with Crippen LogP contribution < -0.4 is 9.47 Å². The van der Waals surface area contributed by atoms with Crippen LogP contribution >= 0.6 is 0 Å². The van der Waals surface area contributed by atoms with Crippen LogP contribution in [0, 0.1) is 0 Å². The van der Waals surface area contributed by atoms with Gasteiger partial charge in [-0.25, -0.2) is 0 Å². The number of nitrogens with zero attached hydrogens (tertiary/aromatic N) is 1. The lowest BCUT2D eigenvalue weighted by molar-refractivity contribution is -0.130. The fourth-order valence-electron chi connectivity index (χ4n) is 3.21. The molecule has 3 aromatic carbocycles. The van der Waals surface area contributed by atoms with E-state index in [-0.39, 0.29) is 5.91 Å². The Labute approximate surface area is 160 Å². The number of fused-ring (bicyclic) bond motifs is 1. The third kappa shape index (κ3) is 4.59. The van der Waals surface area contributed by atoms with Crippen molar-refractivity contribution in [2.75, 3.05) is 21.3 Å². The Bertz CT molecular complexity index is 936. The van der Waals surface area contributed by atoms with Crippen LogP contribution in [0.25, 0.3) is 10.8 Å². The van der Waals surface area contributed by atoms with E-state index in [9.17, 15) is 4.79 Å². The maximum atomic E-state index is 12.6. The van der Waals surface area contributed by atoms with Crippen LogP contribution in [0.2, 0.25) is 0 Å². The highest BCUT2D eigenvalue weighted by atomic mass is 16.5. The van der Waals surface area contributed by atoms with Gasteiger partial charge in [-0.2, -0.15) is 0 Å². The molecule has 0 radical (unpaired) electrons. The van der Waals surface area contributed by atoms with Crippen molar-refractivity contribution in [3.05, 3.63) is 71.8 Å². The third-order valence-electron chi connectivity index (χ3n) is 4.76. The first-order chi connectivity index (χ1) is 13.1. The topological polar surface area (TPSA) is 38.8 Å². The summed E-state index contributed by atoms with van der Waals surface area (Å²) in [6.45, 7) is 0.596. The van der Waals surface area contributed by atoms with E-state index in [2.05, 4.69) is 30.3 Å². The predicted molar refractivity (Wildman–Crippen MR) is 108 cm³/mol. The van der Waals surface area contributed by atoms with Crippen LogP contribution in [0.4, 0.5) is 0 Å². The van der Waals surface area contributed by atoms with Gasteiger partial charge in [0.2, 0.25) is 5.91 Å². The molecule has 0 saturated carbocycles. The van der Waals surface area contributed by atoms with Gasteiger partial charge in [0.25, 0.3) is 0 Å². The molecule has 3 aromatic rings. The molecule has 0 aliphatic rings. The maximum absolute atomic E-state index is 12.6. The lowest BCUT2D eigenvalue weighted by atomic mass is 10.1. The van der Waals surface area contributed by atoms with Crippen LogP contribution in [0.1, 0.15) is 17.5 Å². The van der Waals surface area contributed by atoms with Gasteiger partial charge in [-0.1, -0.05) is 36.4 Å². The van der Waals surface area contributed by atoms with Crippen LogP contribution in [0.3, 0.4) is 0 Å². The lowest BCUT2D eigenvalue weighted by Crippen LogP contribution is -2.26. The monoisotopic (exact) mass is 363 g/mol. The molecular weight excluding hydrogens is 338 g/mol. The van der Waals surface area contributed by atoms with Gasteiger partial charge in [0.05, 0.1) is 14.2 Å². The second-order valence-electron chi connectivity index (χ2n) is 6.61. The van der Waals surface area contributed by atoms with Crippen molar-refractivity contribution in [3.8, 4) is 11.5 Å². The summed E-state index contributed by atoms with van der Waals surface area (Å²) < 4.78 is 10.7. The van der Waals surface area contributed by atoms with Gasteiger partial charge in [-0.05, 0) is 52.6 Å². The molecule has 0 saturated heterocycles. The number of carbonyl (C=O) groups excluding carboxylic acids is 1. The molecule has 0 atom stereocenters. The fourth-order valence-corrected chi connectivity index (χ4v) is 3.21. The quantitative estimate of drug-likeness (QED) is 0.623. The molecule has 0 heterocycles. The van der Waals surface area contributed by atoms with E-state index in [1.807, 2.05) is 37.4 Å². The van der Waals surface area contributed by atoms with Crippen molar-refractivity contribution in [2.24, 2.45) is 0 Å². The summed E-state index contributed by atoms with van der Waals surface area (Å²) in [5, 5.41) is 2.40. The number of aryl methyl sites for hydroxylation is 1. The second kappa shape index (κ2) is 8.58. The molecule has 4 nitrogen and oxygen atoms in total. The minimum Gasteiger partial charge on any atom is -0.497 e. The summed E-state index contributed by atoms with van der Waals surface area (Å²) in [6.07, 6.45) is 1.04. The standard InChI is InChI=1S/C23H25NO3/c1-24(16-17-8-9-18-6-4-5-7-19(18)14-17)23(25)13-10-20-15-21(26-2)11-12-22(20)27-3/h4-9,11-12,14-15H,10,13,16H2,1-3H3.